The minimum Gasteiger partial charge on any atom is -0.355 e. The highest BCUT2D eigenvalue weighted by Gasteiger charge is 2.23. The van der Waals surface area contributed by atoms with Crippen LogP contribution in [0.25, 0.3) is 55.5 Å². The van der Waals surface area contributed by atoms with Crippen molar-refractivity contribution >= 4 is 56.0 Å². The van der Waals surface area contributed by atoms with Gasteiger partial charge in [-0.3, -0.25) is 4.79 Å². The van der Waals surface area contributed by atoms with E-state index in [-0.39, 0.29) is 5.91 Å². The first kappa shape index (κ1) is 37.8. The zero-order chi connectivity index (χ0) is 37.8. The van der Waals surface area contributed by atoms with Gasteiger partial charge in [0.15, 0.2) is 0 Å². The largest absolute Gasteiger partial charge is 0.355 e. The fraction of sp³-hybridized carbons (Fsp3) is 0.383. The van der Waals surface area contributed by atoms with Gasteiger partial charge in [-0.2, -0.15) is 0 Å². The van der Waals surface area contributed by atoms with Crippen LogP contribution in [0.5, 0.6) is 0 Å². The highest BCUT2D eigenvalue weighted by Crippen LogP contribution is 2.41. The van der Waals surface area contributed by atoms with Crippen LogP contribution in [-0.4, -0.2) is 25.8 Å². The molecule has 2 aliphatic rings. The topological polar surface area (TPSA) is 86.5 Å². The third kappa shape index (κ3) is 7.74. The van der Waals surface area contributed by atoms with Crippen molar-refractivity contribution in [3.63, 3.8) is 0 Å². The summed E-state index contributed by atoms with van der Waals surface area (Å²) in [5.41, 5.74) is 21.3. The second-order valence-electron chi connectivity index (χ2n) is 15.0. The number of H-pyrrole nitrogens is 2. The number of unbranched alkanes of at least 4 members (excludes halogenated alkanes) is 4. The summed E-state index contributed by atoms with van der Waals surface area (Å²) in [4.78, 5) is 31.0. The molecule has 3 N–H and O–H groups in total. The van der Waals surface area contributed by atoms with E-state index in [1.54, 1.807) is 6.08 Å². The molecular weight excluding hydrogens is 651 g/mol. The average Bonchev–Trinajstić information content (AvgIpc) is 3.79. The fourth-order valence-electron chi connectivity index (χ4n) is 7.71. The van der Waals surface area contributed by atoms with Crippen molar-refractivity contribution in [2.24, 2.45) is 0 Å². The minimum atomic E-state index is -0.0163. The molecule has 1 aromatic carbocycles. The van der Waals surface area contributed by atoms with E-state index in [4.69, 9.17) is 9.97 Å². The maximum atomic E-state index is 12.5. The van der Waals surface area contributed by atoms with E-state index in [1.807, 2.05) is 12.1 Å². The molecule has 0 atom stereocenters. The molecular formula is C47H57N5O. The number of nitrogens with one attached hydrogen (secondary N) is 3. The lowest BCUT2D eigenvalue weighted by Crippen LogP contribution is -2.10. The number of anilines is 1. The van der Waals surface area contributed by atoms with E-state index in [0.717, 1.165) is 93.0 Å². The van der Waals surface area contributed by atoms with Gasteiger partial charge in [0.05, 0.1) is 28.3 Å². The number of allylic oxidation sites excluding steroid dienone is 5. The van der Waals surface area contributed by atoms with Gasteiger partial charge < -0.3 is 15.3 Å². The van der Waals surface area contributed by atoms with Crippen LogP contribution in [0.2, 0.25) is 0 Å². The van der Waals surface area contributed by atoms with E-state index in [0.29, 0.717) is 12.8 Å². The van der Waals surface area contributed by atoms with Crippen LogP contribution >= 0.6 is 0 Å². The van der Waals surface area contributed by atoms with Crippen molar-refractivity contribution in [2.75, 3.05) is 5.32 Å². The number of benzene rings is 1. The van der Waals surface area contributed by atoms with E-state index in [1.165, 1.54) is 64.6 Å². The SMILES string of the molecule is C=CCCC(=O)Nc1ccc(-c2c3nc(cc4nc(cc5[nH]c(cc6[nH]c2c(C)c6C)c(C)c5CCCCC)C(CCCCC)=C4C)C(C)=C3C)cc1. The standard InChI is InChI=1S/C47H57N5O/c1-10-13-16-18-36-32(8)40-25-38-28(4)30(6)46(51-38)45(34-21-23-35(24-22-34)48-44(53)20-15-12-3)47-31(7)29(5)39(52-47)26-41-33(9)37(19-17-14-11-2)43(50-41)27-42(36)49-40/h12,21-27,49,51H,3,10-11,13-20H2,1-2,4-9H3,(H,48,53). The number of nitrogens with zero attached hydrogens (tertiary/aromatic N) is 2. The Bertz CT molecular complexity index is 2280. The third-order valence-electron chi connectivity index (χ3n) is 11.4. The van der Waals surface area contributed by atoms with Crippen molar-refractivity contribution in [2.45, 2.75) is 120 Å². The van der Waals surface area contributed by atoms with Gasteiger partial charge in [-0.15, -0.1) is 6.58 Å². The van der Waals surface area contributed by atoms with Crippen LogP contribution in [0.3, 0.4) is 0 Å². The lowest BCUT2D eigenvalue weighted by atomic mass is 9.96. The number of amides is 1. The number of hydrogen-bond donors (Lipinski definition) is 3. The van der Waals surface area contributed by atoms with Crippen LogP contribution in [0, 0.1) is 20.8 Å². The van der Waals surface area contributed by atoms with Crippen LogP contribution < -0.4 is 5.32 Å². The fourth-order valence-corrected chi connectivity index (χ4v) is 7.71. The van der Waals surface area contributed by atoms with Crippen molar-refractivity contribution in [3.8, 4) is 11.1 Å². The summed E-state index contributed by atoms with van der Waals surface area (Å²) < 4.78 is 0. The summed E-state index contributed by atoms with van der Waals surface area (Å²) in [5.74, 6) is -0.0163. The quantitative estimate of drug-likeness (QED) is 0.0955. The molecule has 6 nitrogen and oxygen atoms in total. The van der Waals surface area contributed by atoms with E-state index < -0.39 is 0 Å². The van der Waals surface area contributed by atoms with Gasteiger partial charge >= 0.3 is 0 Å². The molecule has 53 heavy (non-hydrogen) atoms. The predicted molar refractivity (Wildman–Crippen MR) is 227 cm³/mol. The van der Waals surface area contributed by atoms with E-state index >= 15 is 0 Å². The van der Waals surface area contributed by atoms with Gasteiger partial charge in [-0.05, 0) is 154 Å². The Morgan fingerprint density at radius 3 is 2.09 bits per heavy atom. The molecule has 0 saturated carbocycles. The van der Waals surface area contributed by atoms with E-state index in [2.05, 4.69) is 108 Å². The zero-order valence-corrected chi connectivity index (χ0v) is 33.2. The van der Waals surface area contributed by atoms with Crippen LogP contribution in [0.1, 0.15) is 137 Å². The molecule has 1 amide bonds. The molecule has 0 unspecified atom stereocenters. The molecule has 2 aliphatic heterocycles. The molecule has 8 bridgehead atoms. The molecule has 3 aromatic heterocycles. The second-order valence-corrected chi connectivity index (χ2v) is 15.0. The maximum Gasteiger partial charge on any atom is 0.224 e. The van der Waals surface area contributed by atoms with Crippen LogP contribution in [0.4, 0.5) is 5.69 Å². The number of aromatic nitrogens is 4. The zero-order valence-electron chi connectivity index (χ0n) is 33.2. The molecule has 0 aliphatic carbocycles. The summed E-state index contributed by atoms with van der Waals surface area (Å²) in [5, 5.41) is 3.04. The van der Waals surface area contributed by atoms with Gasteiger partial charge in [0.25, 0.3) is 0 Å². The second kappa shape index (κ2) is 16.4. The van der Waals surface area contributed by atoms with Gasteiger partial charge in [0.1, 0.15) is 0 Å². The first-order valence-corrected chi connectivity index (χ1v) is 19.7. The molecule has 6 rings (SSSR count). The molecule has 0 radical (unpaired) electrons. The molecule has 0 fully saturated rings. The molecule has 0 saturated heterocycles. The Morgan fingerprint density at radius 2 is 1.40 bits per heavy atom. The number of aryl methyl sites for hydroxylation is 4. The number of carbonyl (C=O) groups excluding carboxylic acids is 1. The van der Waals surface area contributed by atoms with Gasteiger partial charge in [-0.25, -0.2) is 9.97 Å². The lowest BCUT2D eigenvalue weighted by Gasteiger charge is -2.10. The summed E-state index contributed by atoms with van der Waals surface area (Å²) in [6.45, 7) is 21.5. The number of hydrogen-bond acceptors (Lipinski definition) is 3. The van der Waals surface area contributed by atoms with Crippen molar-refractivity contribution in [1.82, 2.24) is 19.9 Å². The summed E-state index contributed by atoms with van der Waals surface area (Å²) >= 11 is 0. The van der Waals surface area contributed by atoms with Crippen LogP contribution in [0.15, 0.2) is 55.1 Å². The van der Waals surface area contributed by atoms with Gasteiger partial charge in [0.2, 0.25) is 5.91 Å². The Morgan fingerprint density at radius 1 is 0.717 bits per heavy atom. The summed E-state index contributed by atoms with van der Waals surface area (Å²) in [7, 11) is 0. The van der Waals surface area contributed by atoms with Crippen molar-refractivity contribution in [1.29, 1.82) is 0 Å². The number of fused-ring (bicyclic) bond motifs is 8. The number of carbonyl (C=O) groups is 1. The van der Waals surface area contributed by atoms with Gasteiger partial charge in [0, 0.05) is 34.2 Å². The average molecular weight is 708 g/mol. The Kier molecular flexibility index (Phi) is 11.7. The summed E-state index contributed by atoms with van der Waals surface area (Å²) in [6.07, 6.45) is 12.0. The minimum absolute atomic E-state index is 0.0163. The van der Waals surface area contributed by atoms with Crippen molar-refractivity contribution < 1.29 is 4.79 Å². The Balaban J connectivity index is 1.67. The van der Waals surface area contributed by atoms with E-state index in [9.17, 15) is 4.79 Å². The first-order valence-electron chi connectivity index (χ1n) is 19.7. The third-order valence-corrected chi connectivity index (χ3v) is 11.4. The smallest absolute Gasteiger partial charge is 0.224 e. The highest BCUT2D eigenvalue weighted by molar-refractivity contribution is 6.01. The Labute approximate surface area is 316 Å². The Hall–Kier alpha value is -4.97. The van der Waals surface area contributed by atoms with Gasteiger partial charge in [-0.1, -0.05) is 57.7 Å². The normalized spacial score (nSPS) is 12.9. The predicted octanol–water partition coefficient (Wildman–Crippen LogP) is 13.0. The van der Waals surface area contributed by atoms with Crippen LogP contribution in [-0.2, 0) is 11.2 Å². The maximum absolute atomic E-state index is 12.5. The number of aromatic amines is 2. The van der Waals surface area contributed by atoms with Crippen molar-refractivity contribution in [3.05, 3.63) is 100 Å². The summed E-state index contributed by atoms with van der Waals surface area (Å²) in [6, 6.07) is 15.0. The molecule has 4 aromatic rings. The monoisotopic (exact) mass is 707 g/mol. The molecule has 5 heterocycles. The highest BCUT2D eigenvalue weighted by atomic mass is 16.1. The molecule has 276 valence electrons. The first-order chi connectivity index (χ1) is 25.6. The lowest BCUT2D eigenvalue weighted by molar-refractivity contribution is -0.116. The molecule has 6 heteroatoms. The number of rotatable bonds is 13. The molecule has 0 spiro atoms.